The fraction of sp³-hybridized carbons (Fsp3) is 0.182. The summed E-state index contributed by atoms with van der Waals surface area (Å²) in [4.78, 5) is 10.4. The summed E-state index contributed by atoms with van der Waals surface area (Å²) in [5, 5.41) is 10.4. The third-order valence-electron chi connectivity index (χ3n) is 1.69. The zero-order valence-corrected chi connectivity index (χ0v) is 7.49. The summed E-state index contributed by atoms with van der Waals surface area (Å²) in [5.74, 6) is -1.13. The molecule has 0 amide bonds. The lowest BCUT2D eigenvalue weighted by molar-refractivity contribution is -0.255. The van der Waals surface area contributed by atoms with Gasteiger partial charge in [-0.15, -0.1) is 0 Å². The Labute approximate surface area is 77.5 Å². The first-order valence-corrected chi connectivity index (χ1v) is 4.22. The number of aromatic carboxylic acids is 1. The van der Waals surface area contributed by atoms with Gasteiger partial charge >= 0.3 is 0 Å². The predicted octanol–water partition coefficient (Wildman–Crippen LogP) is 1.47. The van der Waals surface area contributed by atoms with Gasteiger partial charge < -0.3 is 9.90 Å². The zero-order valence-electron chi connectivity index (χ0n) is 7.49. The molecule has 13 heavy (non-hydrogen) atoms. The molecule has 1 rings (SSSR count). The molecule has 0 unspecified atom stereocenters. The highest BCUT2D eigenvalue weighted by Crippen LogP contribution is 2.05. The molecule has 1 aromatic carbocycles. The number of carbonyl (C=O) groups excluding carboxylic acids is 1. The van der Waals surface area contributed by atoms with Gasteiger partial charge in [-0.3, -0.25) is 0 Å². The van der Waals surface area contributed by atoms with Gasteiger partial charge in [0, 0.05) is 0 Å². The molecule has 0 N–H and O–H groups in total. The van der Waals surface area contributed by atoms with Crippen molar-refractivity contribution >= 4 is 12.0 Å². The van der Waals surface area contributed by atoms with Crippen molar-refractivity contribution in [2.75, 3.05) is 0 Å². The minimum atomic E-state index is -1.13. The van der Waals surface area contributed by atoms with E-state index in [1.165, 1.54) is 0 Å². The van der Waals surface area contributed by atoms with E-state index in [0.717, 1.165) is 12.0 Å². The van der Waals surface area contributed by atoms with Crippen LogP contribution in [-0.4, -0.2) is 5.97 Å². The van der Waals surface area contributed by atoms with Crippen LogP contribution in [0.25, 0.3) is 6.08 Å². The minimum absolute atomic E-state index is 0.216. The Bertz CT molecular complexity index is 309. The summed E-state index contributed by atoms with van der Waals surface area (Å²) < 4.78 is 0. The number of hydrogen-bond donors (Lipinski definition) is 0. The largest absolute Gasteiger partial charge is 0.545 e. The van der Waals surface area contributed by atoms with Gasteiger partial charge in [0.1, 0.15) is 0 Å². The quantitative estimate of drug-likeness (QED) is 0.698. The van der Waals surface area contributed by atoms with Crippen molar-refractivity contribution in [3.63, 3.8) is 0 Å². The lowest BCUT2D eigenvalue weighted by Gasteiger charge is -2.01. The molecule has 68 valence electrons. The molecular weight excluding hydrogens is 164 g/mol. The SMILES string of the molecule is CC/C=C/c1ccc(C(=O)[O-])cc1. The Morgan fingerprint density at radius 1 is 1.38 bits per heavy atom. The van der Waals surface area contributed by atoms with Crippen LogP contribution in [0.3, 0.4) is 0 Å². The van der Waals surface area contributed by atoms with E-state index in [-0.39, 0.29) is 5.56 Å². The third kappa shape index (κ3) is 2.75. The topological polar surface area (TPSA) is 40.1 Å². The van der Waals surface area contributed by atoms with E-state index in [4.69, 9.17) is 0 Å². The molecule has 0 radical (unpaired) electrons. The molecule has 0 spiro atoms. The van der Waals surface area contributed by atoms with Crippen LogP contribution >= 0.6 is 0 Å². The van der Waals surface area contributed by atoms with Crippen LogP contribution in [0.15, 0.2) is 30.3 Å². The van der Waals surface area contributed by atoms with Crippen molar-refractivity contribution in [1.29, 1.82) is 0 Å². The van der Waals surface area contributed by atoms with Crippen LogP contribution in [0.5, 0.6) is 0 Å². The molecule has 0 aromatic heterocycles. The van der Waals surface area contributed by atoms with Gasteiger partial charge in [-0.1, -0.05) is 43.3 Å². The number of carboxylic acid groups (broad SMARTS) is 1. The van der Waals surface area contributed by atoms with Crippen molar-refractivity contribution < 1.29 is 9.90 Å². The highest BCUT2D eigenvalue weighted by molar-refractivity contribution is 5.85. The Morgan fingerprint density at radius 3 is 2.46 bits per heavy atom. The number of rotatable bonds is 3. The number of benzene rings is 1. The van der Waals surface area contributed by atoms with E-state index in [1.54, 1.807) is 24.3 Å². The fourth-order valence-electron chi connectivity index (χ4n) is 0.984. The molecule has 0 aliphatic rings. The molecule has 0 heterocycles. The van der Waals surface area contributed by atoms with Gasteiger partial charge in [-0.2, -0.15) is 0 Å². The second-order valence-corrected chi connectivity index (χ2v) is 2.72. The van der Waals surface area contributed by atoms with E-state index >= 15 is 0 Å². The van der Waals surface area contributed by atoms with Crippen LogP contribution in [0.2, 0.25) is 0 Å². The van der Waals surface area contributed by atoms with Crippen LogP contribution < -0.4 is 5.11 Å². The zero-order chi connectivity index (χ0) is 9.68. The number of carbonyl (C=O) groups is 1. The summed E-state index contributed by atoms with van der Waals surface area (Å²) in [7, 11) is 0. The van der Waals surface area contributed by atoms with Gasteiger partial charge in [0.15, 0.2) is 0 Å². The number of hydrogen-bond acceptors (Lipinski definition) is 2. The second kappa shape index (κ2) is 4.45. The molecule has 2 nitrogen and oxygen atoms in total. The molecule has 0 saturated heterocycles. The smallest absolute Gasteiger partial charge is 0.0715 e. The average molecular weight is 175 g/mol. The molecule has 0 atom stereocenters. The first kappa shape index (κ1) is 9.52. The van der Waals surface area contributed by atoms with E-state index in [9.17, 15) is 9.90 Å². The molecule has 0 bridgehead atoms. The normalized spacial score (nSPS) is 10.5. The first-order valence-electron chi connectivity index (χ1n) is 4.22. The second-order valence-electron chi connectivity index (χ2n) is 2.72. The van der Waals surface area contributed by atoms with Gasteiger partial charge in [0.2, 0.25) is 0 Å². The maximum Gasteiger partial charge on any atom is 0.0715 e. The van der Waals surface area contributed by atoms with Crippen molar-refractivity contribution in [2.45, 2.75) is 13.3 Å². The summed E-state index contributed by atoms with van der Waals surface area (Å²) in [6, 6.07) is 6.62. The maximum absolute atomic E-state index is 10.4. The summed E-state index contributed by atoms with van der Waals surface area (Å²) >= 11 is 0. The monoisotopic (exact) mass is 175 g/mol. The van der Waals surface area contributed by atoms with Crippen molar-refractivity contribution in [2.24, 2.45) is 0 Å². The first-order chi connectivity index (χ1) is 6.24. The van der Waals surface area contributed by atoms with Gasteiger partial charge in [-0.25, -0.2) is 0 Å². The summed E-state index contributed by atoms with van der Waals surface area (Å²) in [6.07, 6.45) is 4.95. The van der Waals surface area contributed by atoms with Gasteiger partial charge in [0.05, 0.1) is 5.97 Å². The molecule has 0 saturated carbocycles. The van der Waals surface area contributed by atoms with E-state index < -0.39 is 5.97 Å². The lowest BCUT2D eigenvalue weighted by atomic mass is 10.1. The fourth-order valence-corrected chi connectivity index (χ4v) is 0.984. The Balaban J connectivity index is 2.81. The van der Waals surface area contributed by atoms with Crippen LogP contribution in [0, 0.1) is 0 Å². The van der Waals surface area contributed by atoms with Gasteiger partial charge in [-0.05, 0) is 17.5 Å². The molecule has 0 fully saturated rings. The van der Waals surface area contributed by atoms with E-state index in [2.05, 4.69) is 0 Å². The van der Waals surface area contributed by atoms with Crippen LogP contribution in [-0.2, 0) is 0 Å². The van der Waals surface area contributed by atoms with Gasteiger partial charge in [0.25, 0.3) is 0 Å². The van der Waals surface area contributed by atoms with Crippen molar-refractivity contribution in [3.8, 4) is 0 Å². The third-order valence-corrected chi connectivity index (χ3v) is 1.69. The van der Waals surface area contributed by atoms with Crippen molar-refractivity contribution in [1.82, 2.24) is 0 Å². The van der Waals surface area contributed by atoms with E-state index in [1.807, 2.05) is 19.1 Å². The Morgan fingerprint density at radius 2 is 2.00 bits per heavy atom. The Hall–Kier alpha value is -1.57. The van der Waals surface area contributed by atoms with Crippen molar-refractivity contribution in [3.05, 3.63) is 41.5 Å². The van der Waals surface area contributed by atoms with Crippen LogP contribution in [0.1, 0.15) is 29.3 Å². The minimum Gasteiger partial charge on any atom is -0.545 e. The van der Waals surface area contributed by atoms with Crippen LogP contribution in [0.4, 0.5) is 0 Å². The molecule has 0 aliphatic carbocycles. The maximum atomic E-state index is 10.4. The molecule has 1 aromatic rings. The lowest BCUT2D eigenvalue weighted by Crippen LogP contribution is -2.21. The highest BCUT2D eigenvalue weighted by atomic mass is 16.4. The predicted molar refractivity (Wildman–Crippen MR) is 50.1 cm³/mol. The van der Waals surface area contributed by atoms with E-state index in [0.29, 0.717) is 0 Å². The Kier molecular flexibility index (Phi) is 3.26. The number of allylic oxidation sites excluding steroid dienone is 1. The highest BCUT2D eigenvalue weighted by Gasteiger charge is 1.91. The number of carboxylic acids is 1. The summed E-state index contributed by atoms with van der Waals surface area (Å²) in [5.41, 5.74) is 1.22. The summed E-state index contributed by atoms with van der Waals surface area (Å²) in [6.45, 7) is 2.05. The standard InChI is InChI=1S/C11H12O2/c1-2-3-4-9-5-7-10(8-6-9)11(12)13/h3-8H,2H2,1H3,(H,12,13)/p-1/b4-3+. The molecule has 0 aliphatic heterocycles. The average Bonchev–Trinajstić information content (AvgIpc) is 2.15. The molecular formula is C11H11O2-. The molecule has 2 heteroatoms.